The molecular formula is C16H15NO3S. The maximum absolute atomic E-state index is 12.2. The highest BCUT2D eigenvalue weighted by Gasteiger charge is 2.33. The number of ether oxygens (including phenoxy) is 1. The third-order valence-electron chi connectivity index (χ3n) is 3.40. The van der Waals surface area contributed by atoms with Gasteiger partial charge in [-0.2, -0.15) is 0 Å². The van der Waals surface area contributed by atoms with Crippen LogP contribution < -0.4 is 10.1 Å². The molecule has 5 heteroatoms. The largest absolute Gasteiger partial charge is 0.497 e. The predicted octanol–water partition coefficient (Wildman–Crippen LogP) is 2.84. The first-order valence-corrected chi connectivity index (χ1v) is 7.45. The lowest BCUT2D eigenvalue weighted by molar-refractivity contribution is -0.117. The third-order valence-corrected chi connectivity index (χ3v) is 4.74. The van der Waals surface area contributed by atoms with E-state index in [1.54, 1.807) is 31.4 Å². The Bertz CT molecular complexity index is 657. The van der Waals surface area contributed by atoms with Crippen molar-refractivity contribution in [3.63, 3.8) is 0 Å². The van der Waals surface area contributed by atoms with Gasteiger partial charge in [-0.05, 0) is 29.8 Å². The molecule has 108 valence electrons. The summed E-state index contributed by atoms with van der Waals surface area (Å²) in [6, 6.07) is 14.7. The van der Waals surface area contributed by atoms with Crippen molar-refractivity contribution < 1.29 is 14.6 Å². The van der Waals surface area contributed by atoms with E-state index in [-0.39, 0.29) is 5.91 Å². The number of para-hydroxylation sites is 1. The number of fused-ring (bicyclic) bond motifs is 1. The van der Waals surface area contributed by atoms with Crippen molar-refractivity contribution in [2.75, 3.05) is 12.4 Å². The van der Waals surface area contributed by atoms with Crippen LogP contribution in [0.15, 0.2) is 53.4 Å². The van der Waals surface area contributed by atoms with Gasteiger partial charge in [0.15, 0.2) is 0 Å². The number of amides is 1. The SMILES string of the molecule is COc1ccc([C@H](O)[C@@H]2Sc3ccccc3NC2=O)cc1. The second-order valence-corrected chi connectivity index (χ2v) is 5.93. The standard InChI is InChI=1S/C16H15NO3S/c1-20-11-8-6-10(7-9-11)14(18)15-16(19)17-12-4-2-3-5-13(12)21-15/h2-9,14-15,18H,1H3,(H,17,19)/t14-,15-/m0/s1. The lowest BCUT2D eigenvalue weighted by Crippen LogP contribution is -2.33. The Morgan fingerprint density at radius 2 is 1.90 bits per heavy atom. The van der Waals surface area contributed by atoms with Crippen molar-refractivity contribution >= 4 is 23.4 Å². The van der Waals surface area contributed by atoms with Crippen LogP contribution in [0.5, 0.6) is 5.75 Å². The number of aliphatic hydroxyl groups is 1. The molecule has 1 aliphatic heterocycles. The summed E-state index contributed by atoms with van der Waals surface area (Å²) in [6.45, 7) is 0. The fourth-order valence-corrected chi connectivity index (χ4v) is 3.38. The minimum Gasteiger partial charge on any atom is -0.497 e. The maximum Gasteiger partial charge on any atom is 0.240 e. The normalized spacial score (nSPS) is 18.6. The molecule has 0 spiro atoms. The number of methoxy groups -OCH3 is 1. The molecule has 0 aromatic heterocycles. The average molecular weight is 301 g/mol. The van der Waals surface area contributed by atoms with Gasteiger partial charge in [0.2, 0.25) is 5.91 Å². The van der Waals surface area contributed by atoms with Crippen LogP contribution in [0, 0.1) is 0 Å². The van der Waals surface area contributed by atoms with Crippen LogP contribution in [-0.2, 0) is 4.79 Å². The zero-order chi connectivity index (χ0) is 14.8. The average Bonchev–Trinajstić information content (AvgIpc) is 2.53. The molecule has 4 nitrogen and oxygen atoms in total. The highest BCUT2D eigenvalue weighted by molar-refractivity contribution is 8.01. The van der Waals surface area contributed by atoms with Gasteiger partial charge in [0, 0.05) is 4.90 Å². The van der Waals surface area contributed by atoms with Crippen molar-refractivity contribution in [1.82, 2.24) is 0 Å². The molecule has 1 heterocycles. The van der Waals surface area contributed by atoms with Crippen molar-refractivity contribution in [1.29, 1.82) is 0 Å². The molecule has 0 saturated carbocycles. The number of carbonyl (C=O) groups is 1. The van der Waals surface area contributed by atoms with Crippen LogP contribution in [0.4, 0.5) is 5.69 Å². The first kappa shape index (κ1) is 14.0. The van der Waals surface area contributed by atoms with Crippen LogP contribution >= 0.6 is 11.8 Å². The molecule has 0 unspecified atom stereocenters. The number of carbonyl (C=O) groups excluding carboxylic acids is 1. The molecule has 0 bridgehead atoms. The molecule has 21 heavy (non-hydrogen) atoms. The van der Waals surface area contributed by atoms with Crippen molar-refractivity contribution in [2.45, 2.75) is 16.2 Å². The first-order chi connectivity index (χ1) is 10.2. The van der Waals surface area contributed by atoms with E-state index in [0.717, 1.165) is 16.3 Å². The second kappa shape index (κ2) is 5.79. The van der Waals surface area contributed by atoms with E-state index in [4.69, 9.17) is 4.74 Å². The monoisotopic (exact) mass is 301 g/mol. The quantitative estimate of drug-likeness (QED) is 0.915. The minimum absolute atomic E-state index is 0.179. The number of benzene rings is 2. The number of anilines is 1. The summed E-state index contributed by atoms with van der Waals surface area (Å²) in [6.07, 6.45) is -0.866. The van der Waals surface area contributed by atoms with Crippen LogP contribution in [0.1, 0.15) is 11.7 Å². The first-order valence-electron chi connectivity index (χ1n) is 6.57. The Morgan fingerprint density at radius 3 is 2.62 bits per heavy atom. The number of hydrogen-bond acceptors (Lipinski definition) is 4. The van der Waals surface area contributed by atoms with E-state index < -0.39 is 11.4 Å². The molecule has 0 aliphatic carbocycles. The van der Waals surface area contributed by atoms with Gasteiger partial charge in [0.1, 0.15) is 17.1 Å². The molecule has 0 radical (unpaired) electrons. The summed E-state index contributed by atoms with van der Waals surface area (Å²) in [5.74, 6) is 0.541. The lowest BCUT2D eigenvalue weighted by atomic mass is 10.1. The highest BCUT2D eigenvalue weighted by Crippen LogP contribution is 2.40. The zero-order valence-electron chi connectivity index (χ0n) is 11.4. The van der Waals surface area contributed by atoms with E-state index in [2.05, 4.69) is 5.32 Å². The molecule has 2 aromatic carbocycles. The fourth-order valence-electron chi connectivity index (χ4n) is 2.25. The Balaban J connectivity index is 1.84. The van der Waals surface area contributed by atoms with Crippen molar-refractivity contribution in [3.8, 4) is 5.75 Å². The predicted molar refractivity (Wildman–Crippen MR) is 82.7 cm³/mol. The summed E-state index contributed by atoms with van der Waals surface area (Å²) >= 11 is 1.38. The molecule has 2 atom stereocenters. The van der Waals surface area contributed by atoms with Gasteiger partial charge >= 0.3 is 0 Å². The van der Waals surface area contributed by atoms with Gasteiger partial charge in [0.05, 0.1) is 12.8 Å². The van der Waals surface area contributed by atoms with Gasteiger partial charge in [-0.25, -0.2) is 0 Å². The molecule has 1 amide bonds. The number of thioether (sulfide) groups is 1. The van der Waals surface area contributed by atoms with Gasteiger partial charge in [-0.3, -0.25) is 4.79 Å². The molecule has 2 N–H and O–H groups in total. The van der Waals surface area contributed by atoms with Gasteiger partial charge < -0.3 is 15.2 Å². The summed E-state index contributed by atoms with van der Waals surface area (Å²) in [4.78, 5) is 13.1. The summed E-state index contributed by atoms with van der Waals surface area (Å²) in [5.41, 5.74) is 1.49. The molecule has 1 aliphatic rings. The smallest absolute Gasteiger partial charge is 0.240 e. The Labute approximate surface area is 127 Å². The van der Waals surface area contributed by atoms with Crippen LogP contribution in [0.3, 0.4) is 0 Å². The lowest BCUT2D eigenvalue weighted by Gasteiger charge is -2.27. The number of aliphatic hydroxyl groups excluding tert-OH is 1. The van der Waals surface area contributed by atoms with E-state index in [9.17, 15) is 9.90 Å². The van der Waals surface area contributed by atoms with Crippen molar-refractivity contribution in [3.05, 3.63) is 54.1 Å². The summed E-state index contributed by atoms with van der Waals surface area (Å²) in [7, 11) is 1.59. The maximum atomic E-state index is 12.2. The van der Waals surface area contributed by atoms with E-state index >= 15 is 0 Å². The van der Waals surface area contributed by atoms with Gasteiger partial charge in [-0.1, -0.05) is 24.3 Å². The van der Waals surface area contributed by atoms with E-state index in [1.165, 1.54) is 11.8 Å². The third kappa shape index (κ3) is 2.75. The molecule has 0 saturated heterocycles. The van der Waals surface area contributed by atoms with Gasteiger partial charge in [-0.15, -0.1) is 11.8 Å². The summed E-state index contributed by atoms with van der Waals surface area (Å²) in [5, 5.41) is 12.8. The Kier molecular flexibility index (Phi) is 3.86. The summed E-state index contributed by atoms with van der Waals surface area (Å²) < 4.78 is 5.10. The minimum atomic E-state index is -0.866. The van der Waals surface area contributed by atoms with Crippen LogP contribution in [0.2, 0.25) is 0 Å². The van der Waals surface area contributed by atoms with E-state index in [1.807, 2.05) is 24.3 Å². The molecule has 3 rings (SSSR count). The Morgan fingerprint density at radius 1 is 1.19 bits per heavy atom. The van der Waals surface area contributed by atoms with E-state index in [0.29, 0.717) is 5.56 Å². The molecule has 2 aromatic rings. The number of nitrogens with one attached hydrogen (secondary N) is 1. The molecular weight excluding hydrogens is 286 g/mol. The number of hydrogen-bond donors (Lipinski definition) is 2. The second-order valence-electron chi connectivity index (χ2n) is 4.74. The van der Waals surface area contributed by atoms with Gasteiger partial charge in [0.25, 0.3) is 0 Å². The Hall–Kier alpha value is -1.98. The zero-order valence-corrected chi connectivity index (χ0v) is 12.3. The number of rotatable bonds is 3. The fraction of sp³-hybridized carbons (Fsp3) is 0.188. The van der Waals surface area contributed by atoms with Crippen molar-refractivity contribution in [2.24, 2.45) is 0 Å². The molecule has 0 fully saturated rings. The topological polar surface area (TPSA) is 58.6 Å². The van der Waals surface area contributed by atoms with Crippen LogP contribution in [0.25, 0.3) is 0 Å². The van der Waals surface area contributed by atoms with Crippen LogP contribution in [-0.4, -0.2) is 23.4 Å². The highest BCUT2D eigenvalue weighted by atomic mass is 32.2.